The second-order valence-electron chi connectivity index (χ2n) is 30.9. The average Bonchev–Trinajstić information content (AvgIpc) is 1.20. The van der Waals surface area contributed by atoms with Gasteiger partial charge in [0.15, 0.2) is 57.1 Å². The number of Topliss-reactive ketones (excluding diaryl/α,β-unsaturated/α-hetero) is 2. The van der Waals surface area contributed by atoms with Crippen molar-refractivity contribution in [2.45, 2.75) is 149 Å². The van der Waals surface area contributed by atoms with Crippen LogP contribution in [0.1, 0.15) is 128 Å². The minimum Gasteiger partial charge on any atom is -0.504 e. The summed E-state index contributed by atoms with van der Waals surface area (Å²) in [7, 11) is 6.86. The van der Waals surface area contributed by atoms with Gasteiger partial charge in [-0.05, 0) is 102 Å². The molecule has 4 fully saturated rings. The number of carbonyl (C=O) groups excluding carboxylic acids is 6. The van der Waals surface area contributed by atoms with Gasteiger partial charge in [0.05, 0.1) is 72.4 Å². The number of aromatic amines is 2. The van der Waals surface area contributed by atoms with Gasteiger partial charge in [0.1, 0.15) is 36.8 Å². The largest absolute Gasteiger partial charge is 0.504 e. The number of piperazine rings is 2. The van der Waals surface area contributed by atoms with Crippen LogP contribution in [0.4, 0.5) is 0 Å². The third-order valence-electron chi connectivity index (χ3n) is 25.7. The lowest BCUT2D eigenvalue weighted by Crippen LogP contribution is -2.73. The quantitative estimate of drug-likeness (QED) is 0.0628. The highest BCUT2D eigenvalue weighted by atomic mass is 32.2. The molecule has 29 heteroatoms. The van der Waals surface area contributed by atoms with E-state index < -0.39 is 99.8 Å². The molecule has 8 bridgehead atoms. The number of ketones is 2. The van der Waals surface area contributed by atoms with E-state index in [0.717, 1.165) is 73.0 Å². The van der Waals surface area contributed by atoms with Gasteiger partial charge in [-0.2, -0.15) is 10.5 Å². The molecular formula is C82H80N10O17S2. The second-order valence-corrected chi connectivity index (χ2v) is 33.2. The standard InChI is InChI=1S/C41H39N5O9S.C41H41N5O8S/c1-17-32(48)22-12-24-25(13-42)46-26-14-52-40(50)41(39-21(10-11-43-41)20-8-6-7-9-23(20)44-39)15-56-38(31(46)30(45(24)4)27(22)33(49)35(17)51-5)29-28(26)37-36(53-16-54-37)18(2)34(29)55-19(3)47;1-18-12-21-13-25-26(14-42)46-27-15-51-40(49)41(39-23(10-11-43-41)22-8-6-7-9-24(22)44-39)16-55-38(32(46)31(45(25)4)28(21)33(48)34(18)50-5)30-29(27)37-36(52-17-53-37)19(2)35(30)54-20(3)47/h6-9,24-26,30-31,38,43-44H,10-12,14-16H2,1-5H3;6-9,12,25-27,31-32,38,43-44,48H,10-11,13,15-17H2,1-5H3/t24-,25-,26-,30+,31?,38+,41+;25-,26-,27-,31+,32?,38+,41+/m00/s1. The van der Waals surface area contributed by atoms with Crippen molar-refractivity contribution < 1.29 is 81.2 Å². The number of aryl methyl sites for hydroxylation is 1. The molecule has 16 heterocycles. The molecule has 2 spiro atoms. The molecule has 5 N–H and O–H groups in total. The number of methoxy groups -OCH3 is 2. The molecule has 27 nitrogen and oxygen atoms in total. The molecule has 22 rings (SSSR count). The van der Waals surface area contributed by atoms with E-state index in [0.29, 0.717) is 105 Å². The van der Waals surface area contributed by atoms with Gasteiger partial charge in [-0.1, -0.05) is 42.5 Å². The van der Waals surface area contributed by atoms with Gasteiger partial charge >= 0.3 is 23.9 Å². The third-order valence-corrected chi connectivity index (χ3v) is 28.7. The molecular weight excluding hydrogens is 1460 g/mol. The molecule has 14 atom stereocenters. The first kappa shape index (κ1) is 71.2. The summed E-state index contributed by atoms with van der Waals surface area (Å²) in [5, 5.41) is 42.5. The van der Waals surface area contributed by atoms with Crippen LogP contribution in [0.15, 0.2) is 77.1 Å². The molecule has 14 aliphatic heterocycles. The molecule has 5 aromatic carbocycles. The lowest BCUT2D eigenvalue weighted by Gasteiger charge is -2.62. The fourth-order valence-electron chi connectivity index (χ4n) is 21.2. The van der Waals surface area contributed by atoms with Crippen LogP contribution in [0, 0.1) is 43.4 Å². The Morgan fingerprint density at radius 2 is 1.08 bits per heavy atom. The summed E-state index contributed by atoms with van der Waals surface area (Å²) < 4.78 is 61.2. The predicted octanol–water partition coefficient (Wildman–Crippen LogP) is 8.33. The number of phenolic OH excluding ortho intramolecular Hbond substituents is 1. The normalized spacial score (nSPS) is 29.9. The lowest BCUT2D eigenvalue weighted by molar-refractivity contribution is -0.158. The van der Waals surface area contributed by atoms with E-state index in [1.165, 1.54) is 32.7 Å². The van der Waals surface area contributed by atoms with Gasteiger partial charge < -0.3 is 62.4 Å². The molecule has 1 aliphatic carbocycles. The van der Waals surface area contributed by atoms with E-state index in [4.69, 9.17) is 47.4 Å². The maximum absolute atomic E-state index is 14.8. The van der Waals surface area contributed by atoms with Crippen molar-refractivity contribution >= 4 is 80.8 Å². The van der Waals surface area contributed by atoms with Crippen LogP contribution in [0.3, 0.4) is 0 Å². The number of esters is 4. The van der Waals surface area contributed by atoms with E-state index in [9.17, 15) is 44.4 Å². The van der Waals surface area contributed by atoms with E-state index in [1.54, 1.807) is 25.8 Å². The van der Waals surface area contributed by atoms with Crippen molar-refractivity contribution in [1.82, 2.24) is 40.2 Å². The Hall–Kier alpha value is -10.1. The number of aromatic nitrogens is 2. The minimum atomic E-state index is -1.30. The highest BCUT2D eigenvalue weighted by molar-refractivity contribution is 7.99. The maximum atomic E-state index is 14.8. The van der Waals surface area contributed by atoms with Crippen molar-refractivity contribution in [3.8, 4) is 58.1 Å². The van der Waals surface area contributed by atoms with Gasteiger partial charge in [-0.15, -0.1) is 23.5 Å². The Morgan fingerprint density at radius 1 is 0.604 bits per heavy atom. The van der Waals surface area contributed by atoms with Crippen molar-refractivity contribution in [3.63, 3.8) is 0 Å². The first-order chi connectivity index (χ1) is 53.6. The van der Waals surface area contributed by atoms with Crippen molar-refractivity contribution in [3.05, 3.63) is 150 Å². The second kappa shape index (κ2) is 26.0. The van der Waals surface area contributed by atoms with E-state index in [1.807, 2.05) is 77.3 Å². The van der Waals surface area contributed by atoms with Crippen molar-refractivity contribution in [1.29, 1.82) is 10.5 Å². The number of hydrogen-bond acceptors (Lipinski definition) is 27. The van der Waals surface area contributed by atoms with Crippen molar-refractivity contribution in [2.24, 2.45) is 0 Å². The fourth-order valence-corrected chi connectivity index (χ4v) is 24.6. The van der Waals surface area contributed by atoms with Crippen LogP contribution in [-0.4, -0.2) is 192 Å². The van der Waals surface area contributed by atoms with Gasteiger partial charge in [-0.25, -0.2) is 9.59 Å². The summed E-state index contributed by atoms with van der Waals surface area (Å²) in [6.45, 7) is 10.6. The Kier molecular flexibility index (Phi) is 16.7. The number of nitrogens with one attached hydrogen (secondary N) is 4. The molecule has 2 unspecified atom stereocenters. The molecule has 111 heavy (non-hydrogen) atoms. The van der Waals surface area contributed by atoms with Gasteiger partial charge in [0.25, 0.3) is 0 Å². The summed E-state index contributed by atoms with van der Waals surface area (Å²) >= 11 is 3.02. The summed E-state index contributed by atoms with van der Waals surface area (Å²) in [5.74, 6) is 0.814. The molecule has 4 saturated heterocycles. The van der Waals surface area contributed by atoms with Gasteiger partial charge in [0, 0.05) is 140 Å². The highest BCUT2D eigenvalue weighted by Gasteiger charge is 2.66. The van der Waals surface area contributed by atoms with Crippen LogP contribution in [0.5, 0.6) is 46.0 Å². The Balaban J connectivity index is 0.000000150. The lowest BCUT2D eigenvalue weighted by atomic mass is 9.68. The SMILES string of the molecule is COC1=C(C)C(=O)C2=C(C1=O)[C@@H]1C3[C@@H]4SC[C@]5(NCCc6c5[nH]c5ccccc65)C(=O)OC[C@@H](c5c6c(c(C)c(OC(C)=O)c54)OCO6)N3[C@@H](C#N)[C@H](C2)N1C.COc1c(C)cc2c(c1O)[C@@H]1C3[C@@H]4SC[C@]5(NCCc6c5[nH]c5ccccc65)C(=O)OC[C@@H](c5c6c(c(C)c(OC(C)=O)c54)OCO6)N3[C@@H](C#N)[C@H](C2)N1C. The number of benzene rings is 5. The topological polar surface area (TPSA) is 331 Å². The van der Waals surface area contributed by atoms with E-state index in [-0.39, 0.29) is 79.4 Å². The summed E-state index contributed by atoms with van der Waals surface area (Å²) in [4.78, 5) is 99.9. The number of allylic oxidation sites excluding steroid dienone is 2. The molecule has 2 aromatic heterocycles. The van der Waals surface area contributed by atoms with Crippen LogP contribution >= 0.6 is 23.5 Å². The zero-order chi connectivity index (χ0) is 77.0. The number of nitrogens with zero attached hydrogens (tertiary/aromatic N) is 6. The maximum Gasteiger partial charge on any atom is 0.333 e. The number of phenols is 1. The van der Waals surface area contributed by atoms with Crippen LogP contribution < -0.4 is 43.8 Å². The smallest absolute Gasteiger partial charge is 0.333 e. The summed E-state index contributed by atoms with van der Waals surface area (Å²) in [6.07, 6.45) is 2.11. The molecule has 0 amide bonds. The van der Waals surface area contributed by atoms with Crippen LogP contribution in [0.2, 0.25) is 0 Å². The predicted molar refractivity (Wildman–Crippen MR) is 403 cm³/mol. The minimum absolute atomic E-state index is 0.00178. The number of rotatable bonds is 4. The number of aromatic hydroxyl groups is 1. The molecule has 7 aromatic rings. The average molecular weight is 1540 g/mol. The zero-order valence-corrected chi connectivity index (χ0v) is 64.2. The fraction of sp³-hybridized carbons (Fsp3) is 0.439. The summed E-state index contributed by atoms with van der Waals surface area (Å²) in [5.41, 5.74) is 10.3. The zero-order valence-electron chi connectivity index (χ0n) is 62.6. The number of ether oxygens (including phenoxy) is 10. The highest BCUT2D eigenvalue weighted by Crippen LogP contribution is 2.67. The van der Waals surface area contributed by atoms with Gasteiger partial charge in [0.2, 0.25) is 19.4 Å². The number of fused-ring (bicyclic) bond motifs is 21. The Labute approximate surface area is 646 Å². The van der Waals surface area contributed by atoms with Crippen LogP contribution in [0.25, 0.3) is 21.8 Å². The third kappa shape index (κ3) is 9.85. The molecule has 572 valence electrons. The van der Waals surface area contributed by atoms with E-state index in [2.05, 4.69) is 64.5 Å². The summed E-state index contributed by atoms with van der Waals surface area (Å²) in [6, 6.07) is 17.3. The van der Waals surface area contributed by atoms with Gasteiger partial charge in [-0.3, -0.25) is 49.4 Å². The number of nitriles is 2. The van der Waals surface area contributed by atoms with Crippen LogP contribution in [-0.2, 0) is 73.3 Å². The van der Waals surface area contributed by atoms with Crippen molar-refractivity contribution in [2.75, 3.05) is 79.7 Å². The first-order valence-electron chi connectivity index (χ1n) is 37.4. The Bertz CT molecular complexity index is 5500. The van der Waals surface area contributed by atoms with E-state index >= 15 is 0 Å². The molecule has 0 radical (unpaired) electrons. The number of hydrogen-bond donors (Lipinski definition) is 5. The number of likely N-dealkylation sites (N-methyl/N-ethyl adjacent to an activating group) is 2. The number of thioether (sulfide) groups is 2. The monoisotopic (exact) mass is 1540 g/mol. The molecule has 0 saturated carbocycles. The molecule has 15 aliphatic rings. The number of para-hydroxylation sites is 2. The number of H-pyrrole nitrogens is 2. The number of carbonyl (C=O) groups is 6. The Morgan fingerprint density at radius 3 is 1.57 bits per heavy atom. The first-order valence-corrected chi connectivity index (χ1v) is 39.5.